The maximum Gasteiger partial charge on any atom is 0.186 e. The molecule has 0 saturated heterocycles. The summed E-state index contributed by atoms with van der Waals surface area (Å²) in [5.41, 5.74) is 0. The molecule has 6 heteroatoms. The average Bonchev–Trinajstić information content (AvgIpc) is 2.34. The highest BCUT2D eigenvalue weighted by Gasteiger charge is 2.12. The summed E-state index contributed by atoms with van der Waals surface area (Å²) in [6, 6.07) is 0. The molecule has 0 rings (SSSR count). The van der Waals surface area contributed by atoms with E-state index in [-0.39, 0.29) is 28.5 Å². The quantitative estimate of drug-likeness (QED) is 0.379. The summed E-state index contributed by atoms with van der Waals surface area (Å²) in [6.07, 6.45) is 3.12. The van der Waals surface area contributed by atoms with Gasteiger partial charge in [0, 0.05) is 25.2 Å². The van der Waals surface area contributed by atoms with E-state index in [0.29, 0.717) is 23.6 Å². The van der Waals surface area contributed by atoms with Crippen LogP contribution in [-0.2, 0) is 14.4 Å². The normalized spacial score (nSPS) is 12.7. The van der Waals surface area contributed by atoms with Crippen LogP contribution in [0.2, 0.25) is 0 Å². The third-order valence-electron chi connectivity index (χ3n) is 2.96. The van der Waals surface area contributed by atoms with Crippen molar-refractivity contribution in [3.63, 3.8) is 0 Å². The van der Waals surface area contributed by atoms with E-state index in [2.05, 4.69) is 12.6 Å². The van der Waals surface area contributed by atoms with Gasteiger partial charge in [0.15, 0.2) is 5.12 Å². The number of ketones is 2. The number of halogens is 1. The summed E-state index contributed by atoms with van der Waals surface area (Å²) >= 11 is 14.0. The summed E-state index contributed by atoms with van der Waals surface area (Å²) in [6.45, 7) is 7.05. The lowest BCUT2D eigenvalue weighted by atomic mass is 9.97. The van der Waals surface area contributed by atoms with E-state index in [0.717, 1.165) is 12.8 Å². The summed E-state index contributed by atoms with van der Waals surface area (Å²) in [5, 5.41) is -0.127. The van der Waals surface area contributed by atoms with Crippen LogP contribution < -0.4 is 0 Å². The fourth-order valence-corrected chi connectivity index (χ4v) is 2.49. The second-order valence-corrected chi connectivity index (χ2v) is 6.66. The monoisotopic (exact) mass is 352 g/mol. The van der Waals surface area contributed by atoms with Crippen molar-refractivity contribution in [2.45, 2.75) is 59.8 Å². The fraction of sp³-hybridized carbons (Fsp3) is 0.733. The van der Waals surface area contributed by atoms with Crippen LogP contribution in [0.3, 0.4) is 0 Å². The highest BCUT2D eigenvalue weighted by Crippen LogP contribution is 2.15. The van der Waals surface area contributed by atoms with Crippen LogP contribution in [0.5, 0.6) is 0 Å². The number of thiol groups is 1. The van der Waals surface area contributed by atoms with Crippen molar-refractivity contribution < 1.29 is 14.4 Å². The average molecular weight is 353 g/mol. The molecule has 0 radical (unpaired) electrons. The Labute approximate surface area is 143 Å². The van der Waals surface area contributed by atoms with Gasteiger partial charge in [-0.25, -0.2) is 0 Å². The van der Waals surface area contributed by atoms with Crippen LogP contribution in [0.15, 0.2) is 0 Å². The third kappa shape index (κ3) is 15.9. The molecule has 0 aromatic carbocycles. The largest absolute Gasteiger partial charge is 0.300 e. The van der Waals surface area contributed by atoms with Gasteiger partial charge in [-0.15, -0.1) is 12.6 Å². The van der Waals surface area contributed by atoms with Gasteiger partial charge in [0.25, 0.3) is 0 Å². The lowest BCUT2D eigenvalue weighted by Gasteiger charge is -2.08. The maximum atomic E-state index is 10.7. The standard InChI is InChI=1S/C8H14O2S.C7H11ClOS/c1-3-7(4-6(2)9)5-8(10)11;1-3-6(7(8)10)4-5(2)9/h7H,3-5H2,1-2H3,(H,10,11);6H,3-4H2,1-2H3. The predicted molar refractivity (Wildman–Crippen MR) is 95.2 cm³/mol. The molecule has 2 unspecified atom stereocenters. The second-order valence-electron chi connectivity index (χ2n) is 5.09. The van der Waals surface area contributed by atoms with Crippen molar-refractivity contribution in [2.75, 3.05) is 0 Å². The first-order valence-corrected chi connectivity index (χ1v) is 8.27. The van der Waals surface area contributed by atoms with Gasteiger partial charge in [-0.1, -0.05) is 44.1 Å². The number of carbonyl (C=O) groups excluding carboxylic acids is 3. The Hall–Kier alpha value is -0.260. The van der Waals surface area contributed by atoms with E-state index < -0.39 is 0 Å². The van der Waals surface area contributed by atoms with Gasteiger partial charge in [0.05, 0.1) is 4.32 Å². The molecule has 0 aliphatic carbocycles. The van der Waals surface area contributed by atoms with E-state index in [4.69, 9.17) is 23.8 Å². The lowest BCUT2D eigenvalue weighted by Crippen LogP contribution is -2.09. The molecule has 0 amide bonds. The molecule has 3 nitrogen and oxygen atoms in total. The molecule has 0 aliphatic rings. The van der Waals surface area contributed by atoms with E-state index >= 15 is 0 Å². The number of thiocarbonyl (C=S) groups is 1. The molecule has 122 valence electrons. The summed E-state index contributed by atoms with van der Waals surface area (Å²) in [4.78, 5) is 31.8. The second kappa shape index (κ2) is 13.4. The summed E-state index contributed by atoms with van der Waals surface area (Å²) < 4.78 is 0.428. The zero-order valence-electron chi connectivity index (χ0n) is 13.1. The molecule has 0 aromatic heterocycles. The highest BCUT2D eigenvalue weighted by molar-refractivity contribution is 7.96. The van der Waals surface area contributed by atoms with Crippen LogP contribution in [0.4, 0.5) is 0 Å². The minimum Gasteiger partial charge on any atom is -0.300 e. The van der Waals surface area contributed by atoms with Gasteiger partial charge in [0.1, 0.15) is 11.6 Å². The molecule has 0 bridgehead atoms. The van der Waals surface area contributed by atoms with Crippen molar-refractivity contribution in [3.05, 3.63) is 0 Å². The molecule has 0 heterocycles. The molecule has 2 atom stereocenters. The fourth-order valence-electron chi connectivity index (χ4n) is 1.75. The molecule has 0 N–H and O–H groups in total. The number of Topliss-reactive ketones (excluding diaryl/α,β-unsaturated/α-hetero) is 2. The number of hydrogen-bond donors (Lipinski definition) is 1. The van der Waals surface area contributed by atoms with Crippen molar-refractivity contribution in [1.82, 2.24) is 0 Å². The number of carbonyl (C=O) groups is 3. The van der Waals surface area contributed by atoms with Crippen molar-refractivity contribution >= 4 is 57.5 Å². The Morgan fingerprint density at radius 3 is 1.67 bits per heavy atom. The smallest absolute Gasteiger partial charge is 0.186 e. The van der Waals surface area contributed by atoms with Gasteiger partial charge >= 0.3 is 0 Å². The maximum absolute atomic E-state index is 10.7. The van der Waals surface area contributed by atoms with Gasteiger partial charge in [0.2, 0.25) is 0 Å². The molecule has 0 spiro atoms. The van der Waals surface area contributed by atoms with Crippen molar-refractivity contribution in [3.8, 4) is 0 Å². The molecule has 0 fully saturated rings. The molecule has 0 aromatic rings. The van der Waals surface area contributed by atoms with Crippen LogP contribution in [-0.4, -0.2) is 21.0 Å². The van der Waals surface area contributed by atoms with E-state index in [9.17, 15) is 14.4 Å². The first-order valence-electron chi connectivity index (χ1n) is 7.03. The van der Waals surface area contributed by atoms with E-state index in [1.807, 2.05) is 13.8 Å². The first kappa shape index (κ1) is 23.0. The first-order chi connectivity index (χ1) is 9.63. The Morgan fingerprint density at radius 2 is 1.48 bits per heavy atom. The van der Waals surface area contributed by atoms with Gasteiger partial charge < -0.3 is 9.59 Å². The van der Waals surface area contributed by atoms with Crippen molar-refractivity contribution in [2.24, 2.45) is 11.8 Å². The topological polar surface area (TPSA) is 51.2 Å². The zero-order valence-corrected chi connectivity index (χ0v) is 15.6. The zero-order chi connectivity index (χ0) is 17.0. The lowest BCUT2D eigenvalue weighted by molar-refractivity contribution is -0.119. The SMILES string of the molecule is CCC(CC(C)=O)C(=S)Cl.CCC(CC(C)=O)CC(=O)S. The minimum atomic E-state index is -0.127. The van der Waals surface area contributed by atoms with Crippen LogP contribution in [0, 0.1) is 11.8 Å². The van der Waals surface area contributed by atoms with Gasteiger partial charge in [-0.3, -0.25) is 4.79 Å². The van der Waals surface area contributed by atoms with Crippen LogP contribution in [0.1, 0.15) is 59.8 Å². The van der Waals surface area contributed by atoms with Crippen LogP contribution in [0.25, 0.3) is 0 Å². The minimum absolute atomic E-state index is 0.0918. The Balaban J connectivity index is 0. The Bertz CT molecular complexity index is 354. The summed E-state index contributed by atoms with van der Waals surface area (Å²) in [7, 11) is 0. The number of rotatable bonds is 9. The van der Waals surface area contributed by atoms with Gasteiger partial charge in [-0.05, 0) is 26.2 Å². The summed E-state index contributed by atoms with van der Waals surface area (Å²) in [5.74, 6) is 0.577. The van der Waals surface area contributed by atoms with Crippen molar-refractivity contribution in [1.29, 1.82) is 0 Å². The Kier molecular flexibility index (Phi) is 14.7. The van der Waals surface area contributed by atoms with E-state index in [1.54, 1.807) is 13.8 Å². The molecule has 0 saturated carbocycles. The van der Waals surface area contributed by atoms with E-state index in [1.165, 1.54) is 0 Å². The Morgan fingerprint density at radius 1 is 1.00 bits per heavy atom. The number of hydrogen-bond acceptors (Lipinski definition) is 4. The van der Waals surface area contributed by atoms with Gasteiger partial charge in [-0.2, -0.15) is 0 Å². The third-order valence-corrected chi connectivity index (χ3v) is 3.79. The molecular weight excluding hydrogens is 328 g/mol. The van der Waals surface area contributed by atoms with Crippen LogP contribution >= 0.6 is 36.4 Å². The molecular formula is C15H25ClO3S2. The molecule has 21 heavy (non-hydrogen) atoms. The highest BCUT2D eigenvalue weighted by atomic mass is 35.5. The predicted octanol–water partition coefficient (Wildman–Crippen LogP) is 4.40. The molecule has 0 aliphatic heterocycles.